The van der Waals surface area contributed by atoms with Crippen molar-refractivity contribution in [2.45, 2.75) is 31.4 Å². The SMILES string of the molecule is CC1Oc2ccc(C3CC3N)cc2NC1=O. The molecule has 1 aromatic rings. The molecule has 3 atom stereocenters. The van der Waals surface area contributed by atoms with Gasteiger partial charge in [0.15, 0.2) is 6.10 Å². The summed E-state index contributed by atoms with van der Waals surface area (Å²) in [7, 11) is 0. The summed E-state index contributed by atoms with van der Waals surface area (Å²) < 4.78 is 5.48. The number of benzene rings is 1. The number of carbonyl (C=O) groups excluding carboxylic acids is 1. The minimum atomic E-state index is -0.415. The van der Waals surface area contributed by atoms with Gasteiger partial charge in [-0.1, -0.05) is 6.07 Å². The van der Waals surface area contributed by atoms with Crippen LogP contribution in [0.3, 0.4) is 0 Å². The number of nitrogens with two attached hydrogens (primary N) is 1. The fourth-order valence-corrected chi connectivity index (χ4v) is 2.05. The molecule has 1 heterocycles. The van der Waals surface area contributed by atoms with E-state index in [1.54, 1.807) is 6.92 Å². The highest BCUT2D eigenvalue weighted by molar-refractivity contribution is 5.97. The molecule has 1 aliphatic heterocycles. The highest BCUT2D eigenvalue weighted by Gasteiger charge is 2.35. The van der Waals surface area contributed by atoms with Gasteiger partial charge in [-0.05, 0) is 31.0 Å². The van der Waals surface area contributed by atoms with Crippen molar-refractivity contribution in [3.05, 3.63) is 23.8 Å². The average Bonchev–Trinajstić information content (AvgIpc) is 2.97. The number of rotatable bonds is 1. The molecule has 1 amide bonds. The maximum Gasteiger partial charge on any atom is 0.265 e. The van der Waals surface area contributed by atoms with Crippen LogP contribution in [-0.4, -0.2) is 18.1 Å². The van der Waals surface area contributed by atoms with E-state index in [4.69, 9.17) is 10.5 Å². The van der Waals surface area contributed by atoms with Crippen molar-refractivity contribution in [3.63, 3.8) is 0 Å². The monoisotopic (exact) mass is 218 g/mol. The molecule has 84 valence electrons. The molecule has 0 radical (unpaired) electrons. The van der Waals surface area contributed by atoms with Gasteiger partial charge in [-0.15, -0.1) is 0 Å². The van der Waals surface area contributed by atoms with E-state index in [9.17, 15) is 4.79 Å². The smallest absolute Gasteiger partial charge is 0.265 e. The lowest BCUT2D eigenvalue weighted by atomic mass is 10.1. The van der Waals surface area contributed by atoms with Crippen molar-refractivity contribution in [1.82, 2.24) is 0 Å². The molecule has 3 rings (SSSR count). The van der Waals surface area contributed by atoms with E-state index in [2.05, 4.69) is 5.32 Å². The molecule has 1 saturated carbocycles. The lowest BCUT2D eigenvalue weighted by molar-refractivity contribution is -0.122. The second-order valence-corrected chi connectivity index (χ2v) is 4.51. The zero-order chi connectivity index (χ0) is 11.3. The Bertz CT molecular complexity index is 458. The molecule has 16 heavy (non-hydrogen) atoms. The fourth-order valence-electron chi connectivity index (χ4n) is 2.05. The third kappa shape index (κ3) is 1.46. The zero-order valence-corrected chi connectivity index (χ0v) is 9.07. The van der Waals surface area contributed by atoms with Gasteiger partial charge in [-0.3, -0.25) is 4.79 Å². The van der Waals surface area contributed by atoms with Gasteiger partial charge in [0.1, 0.15) is 5.75 Å². The largest absolute Gasteiger partial charge is 0.479 e. The normalized spacial score (nSPS) is 31.4. The van der Waals surface area contributed by atoms with Crippen molar-refractivity contribution in [3.8, 4) is 5.75 Å². The number of hydrogen-bond donors (Lipinski definition) is 2. The molecule has 0 aromatic heterocycles. The number of fused-ring (bicyclic) bond motifs is 1. The van der Waals surface area contributed by atoms with Gasteiger partial charge in [-0.2, -0.15) is 0 Å². The molecule has 1 fully saturated rings. The summed E-state index contributed by atoms with van der Waals surface area (Å²) in [6.45, 7) is 1.74. The summed E-state index contributed by atoms with van der Waals surface area (Å²) in [5.74, 6) is 1.09. The average molecular weight is 218 g/mol. The Hall–Kier alpha value is -1.55. The Kier molecular flexibility index (Phi) is 1.94. The molecule has 0 spiro atoms. The van der Waals surface area contributed by atoms with E-state index in [0.29, 0.717) is 5.92 Å². The molecule has 0 saturated heterocycles. The molecule has 3 N–H and O–H groups in total. The highest BCUT2D eigenvalue weighted by Crippen LogP contribution is 2.42. The Morgan fingerprint density at radius 2 is 2.25 bits per heavy atom. The Morgan fingerprint density at radius 1 is 1.50 bits per heavy atom. The van der Waals surface area contributed by atoms with Crippen molar-refractivity contribution in [2.75, 3.05) is 5.32 Å². The van der Waals surface area contributed by atoms with Gasteiger partial charge < -0.3 is 15.8 Å². The molecule has 4 heteroatoms. The predicted molar refractivity (Wildman–Crippen MR) is 60.5 cm³/mol. The maximum absolute atomic E-state index is 11.5. The van der Waals surface area contributed by atoms with Crippen molar-refractivity contribution in [2.24, 2.45) is 5.73 Å². The third-order valence-corrected chi connectivity index (χ3v) is 3.20. The predicted octanol–water partition coefficient (Wildman–Crippen LogP) is 1.22. The summed E-state index contributed by atoms with van der Waals surface area (Å²) in [5.41, 5.74) is 7.75. The standard InChI is InChI=1S/C12H14N2O2/c1-6-12(15)14-10-4-7(8-5-9(8)13)2-3-11(10)16-6/h2-4,6,8-9H,5,13H2,1H3,(H,14,15). The van der Waals surface area contributed by atoms with Crippen LogP contribution >= 0.6 is 0 Å². The zero-order valence-electron chi connectivity index (χ0n) is 9.07. The summed E-state index contributed by atoms with van der Waals surface area (Å²) >= 11 is 0. The molecule has 4 nitrogen and oxygen atoms in total. The number of carbonyl (C=O) groups is 1. The minimum Gasteiger partial charge on any atom is -0.479 e. The lowest BCUT2D eigenvalue weighted by Crippen LogP contribution is -2.34. The van der Waals surface area contributed by atoms with E-state index < -0.39 is 6.10 Å². The molecule has 1 aromatic carbocycles. The van der Waals surface area contributed by atoms with Gasteiger partial charge in [0.05, 0.1) is 5.69 Å². The van der Waals surface area contributed by atoms with E-state index in [0.717, 1.165) is 17.9 Å². The van der Waals surface area contributed by atoms with Gasteiger partial charge >= 0.3 is 0 Å². The third-order valence-electron chi connectivity index (χ3n) is 3.20. The first-order valence-electron chi connectivity index (χ1n) is 5.52. The molecule has 0 bridgehead atoms. The van der Waals surface area contributed by atoms with Crippen LogP contribution in [0, 0.1) is 0 Å². The van der Waals surface area contributed by atoms with Crippen LogP contribution in [0.4, 0.5) is 5.69 Å². The fraction of sp³-hybridized carbons (Fsp3) is 0.417. The Labute approximate surface area is 93.8 Å². The van der Waals surface area contributed by atoms with Crippen LogP contribution in [-0.2, 0) is 4.79 Å². The van der Waals surface area contributed by atoms with Gasteiger partial charge in [0.25, 0.3) is 5.91 Å². The van der Waals surface area contributed by atoms with Crippen LogP contribution in [0.5, 0.6) is 5.75 Å². The number of ether oxygens (including phenoxy) is 1. The summed E-state index contributed by atoms with van der Waals surface area (Å²) in [6, 6.07) is 6.18. The maximum atomic E-state index is 11.5. The van der Waals surface area contributed by atoms with E-state index in [-0.39, 0.29) is 11.9 Å². The van der Waals surface area contributed by atoms with Crippen molar-refractivity contribution >= 4 is 11.6 Å². The van der Waals surface area contributed by atoms with Crippen LogP contribution in [0.1, 0.15) is 24.8 Å². The number of hydrogen-bond acceptors (Lipinski definition) is 3. The molecular formula is C12H14N2O2. The first-order valence-corrected chi connectivity index (χ1v) is 5.52. The topological polar surface area (TPSA) is 64.3 Å². The molecule has 3 unspecified atom stereocenters. The minimum absolute atomic E-state index is 0.0928. The van der Waals surface area contributed by atoms with Gasteiger partial charge in [0.2, 0.25) is 0 Å². The summed E-state index contributed by atoms with van der Waals surface area (Å²) in [6.07, 6.45) is 0.616. The van der Waals surface area contributed by atoms with Crippen LogP contribution in [0.15, 0.2) is 18.2 Å². The van der Waals surface area contributed by atoms with Crippen LogP contribution in [0.2, 0.25) is 0 Å². The first-order chi connectivity index (χ1) is 7.65. The Morgan fingerprint density at radius 3 is 2.94 bits per heavy atom. The lowest BCUT2D eigenvalue weighted by Gasteiger charge is -2.23. The van der Waals surface area contributed by atoms with Crippen LogP contribution < -0.4 is 15.8 Å². The van der Waals surface area contributed by atoms with Crippen molar-refractivity contribution < 1.29 is 9.53 Å². The number of nitrogens with one attached hydrogen (secondary N) is 1. The number of anilines is 1. The first kappa shape index (κ1) is 9.66. The quantitative estimate of drug-likeness (QED) is 0.745. The van der Waals surface area contributed by atoms with E-state index >= 15 is 0 Å². The summed E-state index contributed by atoms with van der Waals surface area (Å²) in [5, 5.41) is 2.84. The second kappa shape index (κ2) is 3.22. The summed E-state index contributed by atoms with van der Waals surface area (Å²) in [4.78, 5) is 11.5. The van der Waals surface area contributed by atoms with Gasteiger partial charge in [0, 0.05) is 12.0 Å². The molecule has 2 aliphatic rings. The van der Waals surface area contributed by atoms with E-state index in [1.807, 2.05) is 18.2 Å². The van der Waals surface area contributed by atoms with Crippen LogP contribution in [0.25, 0.3) is 0 Å². The highest BCUT2D eigenvalue weighted by atomic mass is 16.5. The van der Waals surface area contributed by atoms with E-state index in [1.165, 1.54) is 5.56 Å². The molecular weight excluding hydrogens is 204 g/mol. The second-order valence-electron chi connectivity index (χ2n) is 4.51. The van der Waals surface area contributed by atoms with Crippen molar-refractivity contribution in [1.29, 1.82) is 0 Å². The number of amides is 1. The Balaban J connectivity index is 1.93. The van der Waals surface area contributed by atoms with Gasteiger partial charge in [-0.25, -0.2) is 0 Å². The molecule has 1 aliphatic carbocycles.